The average Bonchev–Trinajstić information content (AvgIpc) is 2.77. The van der Waals surface area contributed by atoms with Gasteiger partial charge in [0.15, 0.2) is 0 Å². The summed E-state index contributed by atoms with van der Waals surface area (Å²) in [7, 11) is 0. The molecule has 1 N–H and O–H groups in total. The number of ether oxygens (including phenoxy) is 1. The Bertz CT molecular complexity index is 978. The van der Waals surface area contributed by atoms with E-state index >= 15 is 0 Å². The third-order valence-corrected chi connectivity index (χ3v) is 5.17. The number of fused-ring (bicyclic) bond motifs is 1. The fourth-order valence-electron chi connectivity index (χ4n) is 3.62. The van der Waals surface area contributed by atoms with Crippen LogP contribution in [0.1, 0.15) is 5.56 Å². The lowest BCUT2D eigenvalue weighted by Crippen LogP contribution is -2.52. The lowest BCUT2D eigenvalue weighted by Gasteiger charge is -2.36. The van der Waals surface area contributed by atoms with Gasteiger partial charge in [-0.3, -0.25) is 4.98 Å². The van der Waals surface area contributed by atoms with Crippen LogP contribution in [0.5, 0.6) is 5.75 Å². The number of benzene rings is 2. The second-order valence-electron chi connectivity index (χ2n) is 7.22. The molecule has 6 heteroatoms. The fraction of sp³-hybridized carbons (Fsp3) is 0.304. The van der Waals surface area contributed by atoms with E-state index in [1.54, 1.807) is 6.20 Å². The van der Waals surface area contributed by atoms with Gasteiger partial charge in [0, 0.05) is 43.4 Å². The molecule has 150 valence electrons. The Labute approximate surface area is 171 Å². The second-order valence-corrected chi connectivity index (χ2v) is 7.22. The summed E-state index contributed by atoms with van der Waals surface area (Å²) in [5.74, 6) is 0.740. The van der Waals surface area contributed by atoms with Gasteiger partial charge < -0.3 is 19.9 Å². The van der Waals surface area contributed by atoms with Crippen molar-refractivity contribution in [1.82, 2.24) is 15.2 Å². The van der Waals surface area contributed by atoms with Gasteiger partial charge in [0.25, 0.3) is 0 Å². The number of aromatic nitrogens is 1. The number of anilines is 1. The predicted octanol–water partition coefficient (Wildman–Crippen LogP) is 3.45. The number of rotatable bonds is 5. The summed E-state index contributed by atoms with van der Waals surface area (Å²) in [5.41, 5.74) is 3.32. The summed E-state index contributed by atoms with van der Waals surface area (Å²) in [6.45, 7) is 6.08. The first-order valence-corrected chi connectivity index (χ1v) is 10.0. The van der Waals surface area contributed by atoms with E-state index in [4.69, 9.17) is 4.74 Å². The van der Waals surface area contributed by atoms with E-state index in [1.807, 2.05) is 35.2 Å². The highest BCUT2D eigenvalue weighted by Gasteiger charge is 2.21. The number of hydrogen-bond donors (Lipinski definition) is 1. The van der Waals surface area contributed by atoms with Crippen molar-refractivity contribution in [3.63, 3.8) is 0 Å². The number of carbonyl (C=O) groups excluding carboxylic acids is 1. The van der Waals surface area contributed by atoms with Gasteiger partial charge in [-0.1, -0.05) is 30.3 Å². The monoisotopic (exact) mass is 390 g/mol. The zero-order valence-electron chi connectivity index (χ0n) is 16.7. The van der Waals surface area contributed by atoms with Gasteiger partial charge >= 0.3 is 6.03 Å². The third-order valence-electron chi connectivity index (χ3n) is 5.17. The number of para-hydroxylation sites is 1. The van der Waals surface area contributed by atoms with Crippen LogP contribution in [0.25, 0.3) is 10.9 Å². The molecule has 0 bridgehead atoms. The normalized spacial score (nSPS) is 14.1. The van der Waals surface area contributed by atoms with Crippen LogP contribution >= 0.6 is 0 Å². The van der Waals surface area contributed by atoms with Gasteiger partial charge in [0.05, 0.1) is 6.54 Å². The molecule has 0 unspecified atom stereocenters. The van der Waals surface area contributed by atoms with Crippen molar-refractivity contribution in [1.29, 1.82) is 0 Å². The fourth-order valence-corrected chi connectivity index (χ4v) is 3.62. The maximum absolute atomic E-state index is 12.4. The topological polar surface area (TPSA) is 57.7 Å². The molecule has 0 saturated carbocycles. The van der Waals surface area contributed by atoms with Crippen LogP contribution in [-0.4, -0.2) is 55.2 Å². The van der Waals surface area contributed by atoms with Gasteiger partial charge in [-0.05, 0) is 36.8 Å². The van der Waals surface area contributed by atoms with Crippen molar-refractivity contribution >= 4 is 22.6 Å². The molecule has 1 saturated heterocycles. The van der Waals surface area contributed by atoms with Gasteiger partial charge in [0.2, 0.25) is 0 Å². The number of aryl methyl sites for hydroxylation is 1. The minimum Gasteiger partial charge on any atom is -0.489 e. The Morgan fingerprint density at radius 1 is 1.07 bits per heavy atom. The molecule has 29 heavy (non-hydrogen) atoms. The van der Waals surface area contributed by atoms with Gasteiger partial charge in [0.1, 0.15) is 17.9 Å². The first-order chi connectivity index (χ1) is 14.2. The Morgan fingerprint density at radius 3 is 2.69 bits per heavy atom. The molecule has 0 atom stereocenters. The van der Waals surface area contributed by atoms with Crippen molar-refractivity contribution in [2.75, 3.05) is 44.2 Å². The zero-order chi connectivity index (χ0) is 20.1. The number of nitrogens with zero attached hydrogens (tertiary/aromatic N) is 3. The first kappa shape index (κ1) is 19.1. The molecule has 1 fully saturated rings. The maximum atomic E-state index is 12.4. The van der Waals surface area contributed by atoms with Crippen LogP contribution in [0.4, 0.5) is 10.5 Å². The van der Waals surface area contributed by atoms with E-state index in [0.29, 0.717) is 26.2 Å². The van der Waals surface area contributed by atoms with E-state index < -0.39 is 0 Å². The van der Waals surface area contributed by atoms with E-state index in [0.717, 1.165) is 29.7 Å². The van der Waals surface area contributed by atoms with E-state index in [-0.39, 0.29) is 6.03 Å². The molecular formula is C23H26N4O2. The molecule has 1 aliphatic rings. The van der Waals surface area contributed by atoms with Crippen LogP contribution in [0.15, 0.2) is 60.8 Å². The van der Waals surface area contributed by atoms with Gasteiger partial charge in [-0.2, -0.15) is 0 Å². The molecule has 1 aliphatic heterocycles. The zero-order valence-corrected chi connectivity index (χ0v) is 16.7. The first-order valence-electron chi connectivity index (χ1n) is 10.0. The molecule has 0 radical (unpaired) electrons. The van der Waals surface area contributed by atoms with Crippen LogP contribution in [-0.2, 0) is 0 Å². The van der Waals surface area contributed by atoms with Crippen LogP contribution in [0, 0.1) is 6.92 Å². The Kier molecular flexibility index (Phi) is 5.79. The molecule has 2 aromatic carbocycles. The SMILES string of the molecule is Cc1cccc(N2CCN(C(=O)NCCOc3cccc4cccnc34)CC2)c1. The van der Waals surface area contributed by atoms with Crippen molar-refractivity contribution in [3.05, 3.63) is 66.4 Å². The summed E-state index contributed by atoms with van der Waals surface area (Å²) >= 11 is 0. The highest BCUT2D eigenvalue weighted by molar-refractivity contribution is 5.84. The molecule has 1 aromatic heterocycles. The van der Waals surface area contributed by atoms with Crippen molar-refractivity contribution < 1.29 is 9.53 Å². The smallest absolute Gasteiger partial charge is 0.317 e. The number of piperazine rings is 1. The van der Waals surface area contributed by atoms with Gasteiger partial charge in [-0.15, -0.1) is 0 Å². The second kappa shape index (κ2) is 8.82. The molecule has 3 aromatic rings. The summed E-state index contributed by atoms with van der Waals surface area (Å²) < 4.78 is 5.84. The van der Waals surface area contributed by atoms with E-state index in [2.05, 4.69) is 46.4 Å². The Morgan fingerprint density at radius 2 is 1.86 bits per heavy atom. The highest BCUT2D eigenvalue weighted by Crippen LogP contribution is 2.22. The summed E-state index contributed by atoms with van der Waals surface area (Å²) in [5, 5.41) is 4.00. The summed E-state index contributed by atoms with van der Waals surface area (Å²) in [6, 6.07) is 18.2. The predicted molar refractivity (Wildman–Crippen MR) is 116 cm³/mol. The van der Waals surface area contributed by atoms with Crippen molar-refractivity contribution in [2.45, 2.75) is 6.92 Å². The number of urea groups is 1. The minimum absolute atomic E-state index is 0.0338. The molecule has 0 spiro atoms. The minimum atomic E-state index is -0.0338. The average molecular weight is 390 g/mol. The Hall–Kier alpha value is -3.28. The summed E-state index contributed by atoms with van der Waals surface area (Å²) in [4.78, 5) is 21.0. The number of nitrogens with one attached hydrogen (secondary N) is 1. The Balaban J connectivity index is 1.22. The summed E-state index contributed by atoms with van der Waals surface area (Å²) in [6.07, 6.45) is 1.76. The third kappa shape index (κ3) is 4.59. The lowest BCUT2D eigenvalue weighted by molar-refractivity contribution is 0.191. The largest absolute Gasteiger partial charge is 0.489 e. The number of hydrogen-bond acceptors (Lipinski definition) is 4. The van der Waals surface area contributed by atoms with Gasteiger partial charge in [-0.25, -0.2) is 4.79 Å². The molecule has 2 amide bonds. The lowest BCUT2D eigenvalue weighted by atomic mass is 10.2. The van der Waals surface area contributed by atoms with Crippen LogP contribution in [0.2, 0.25) is 0 Å². The van der Waals surface area contributed by atoms with Crippen LogP contribution in [0.3, 0.4) is 0 Å². The number of amides is 2. The van der Waals surface area contributed by atoms with Crippen molar-refractivity contribution in [3.8, 4) is 5.75 Å². The molecule has 6 nitrogen and oxygen atoms in total. The molecular weight excluding hydrogens is 364 g/mol. The standard InChI is InChI=1S/C23H26N4O2/c1-18-5-2-8-20(17-18)26-12-14-27(15-13-26)23(28)25-11-16-29-21-9-3-6-19-7-4-10-24-22(19)21/h2-10,17H,11-16H2,1H3,(H,25,28). The van der Waals surface area contributed by atoms with Crippen LogP contribution < -0.4 is 15.0 Å². The highest BCUT2D eigenvalue weighted by atomic mass is 16.5. The quantitative estimate of drug-likeness (QED) is 0.678. The van der Waals surface area contributed by atoms with Crippen molar-refractivity contribution in [2.24, 2.45) is 0 Å². The number of carbonyl (C=O) groups is 1. The maximum Gasteiger partial charge on any atom is 0.317 e. The van der Waals surface area contributed by atoms with E-state index in [9.17, 15) is 4.79 Å². The molecule has 4 rings (SSSR count). The molecule has 2 heterocycles. The van der Waals surface area contributed by atoms with E-state index in [1.165, 1.54) is 11.3 Å². The number of pyridine rings is 1. The molecule has 0 aliphatic carbocycles.